The summed E-state index contributed by atoms with van der Waals surface area (Å²) in [5.41, 5.74) is -0.00389. The van der Waals surface area contributed by atoms with E-state index in [4.69, 9.17) is 4.74 Å². The van der Waals surface area contributed by atoms with Crippen LogP contribution in [-0.2, 0) is 14.9 Å². The molecule has 4 nitrogen and oxygen atoms in total. The number of hydrogen-bond donors (Lipinski definition) is 0. The number of anilines is 1. The lowest BCUT2D eigenvalue weighted by Crippen LogP contribution is -2.46. The van der Waals surface area contributed by atoms with E-state index in [2.05, 4.69) is 11.8 Å². The number of carbonyl (C=O) groups is 2. The van der Waals surface area contributed by atoms with Gasteiger partial charge in [-0.15, -0.1) is 0 Å². The third kappa shape index (κ3) is 3.88. The lowest BCUT2D eigenvalue weighted by atomic mass is 9.73. The van der Waals surface area contributed by atoms with E-state index in [1.54, 1.807) is 52.0 Å². The molecule has 2 atom stereocenters. The molecule has 0 radical (unpaired) electrons. The zero-order chi connectivity index (χ0) is 21.4. The molecule has 150 valence electrons. The summed E-state index contributed by atoms with van der Waals surface area (Å²) in [6.45, 7) is 8.87. The van der Waals surface area contributed by atoms with Crippen molar-refractivity contribution in [3.05, 3.63) is 65.5 Å². The first kappa shape index (κ1) is 20.6. The summed E-state index contributed by atoms with van der Waals surface area (Å²) in [7, 11) is 0. The number of fused-ring (bicyclic) bond motifs is 1. The highest BCUT2D eigenvalue weighted by Gasteiger charge is 2.53. The van der Waals surface area contributed by atoms with Crippen LogP contribution in [0.2, 0.25) is 0 Å². The molecule has 0 N–H and O–H groups in total. The lowest BCUT2D eigenvalue weighted by Gasteiger charge is -2.28. The zero-order valence-corrected chi connectivity index (χ0v) is 17.2. The van der Waals surface area contributed by atoms with Crippen LogP contribution in [0.5, 0.6) is 0 Å². The summed E-state index contributed by atoms with van der Waals surface area (Å²) in [6.07, 6.45) is -0.705. The number of nitrogens with zero attached hydrogens (tertiary/aromatic N) is 1. The van der Waals surface area contributed by atoms with Crippen molar-refractivity contribution in [1.29, 1.82) is 0 Å². The third-order valence-corrected chi connectivity index (χ3v) is 5.05. The molecule has 0 spiro atoms. The third-order valence-electron chi connectivity index (χ3n) is 5.05. The molecule has 0 unspecified atom stereocenters. The first-order valence-corrected chi connectivity index (χ1v) is 9.48. The highest BCUT2D eigenvalue weighted by Crippen LogP contribution is 2.46. The maximum atomic E-state index is 13.4. The number of ether oxygens (including phenoxy) is 1. The second-order valence-corrected chi connectivity index (χ2v) is 8.34. The van der Waals surface area contributed by atoms with Crippen molar-refractivity contribution >= 4 is 17.7 Å². The molecule has 2 aromatic rings. The quantitative estimate of drug-likeness (QED) is 0.637. The molecule has 1 aliphatic heterocycles. The van der Waals surface area contributed by atoms with Crippen LogP contribution in [0.1, 0.15) is 45.7 Å². The fourth-order valence-electron chi connectivity index (χ4n) is 3.37. The molecule has 1 aliphatic rings. The summed E-state index contributed by atoms with van der Waals surface area (Å²) >= 11 is 0. The van der Waals surface area contributed by atoms with Gasteiger partial charge in [-0.25, -0.2) is 14.1 Å². The zero-order valence-electron chi connectivity index (χ0n) is 17.2. The van der Waals surface area contributed by atoms with Gasteiger partial charge in [0.2, 0.25) is 5.91 Å². The van der Waals surface area contributed by atoms with E-state index < -0.39 is 23.0 Å². The molecular weight excluding hydrogens is 369 g/mol. The van der Waals surface area contributed by atoms with Gasteiger partial charge in [-0.05, 0) is 57.5 Å². The molecule has 0 aliphatic carbocycles. The predicted molar refractivity (Wildman–Crippen MR) is 110 cm³/mol. The van der Waals surface area contributed by atoms with Crippen LogP contribution in [0.4, 0.5) is 14.9 Å². The Morgan fingerprint density at radius 3 is 2.52 bits per heavy atom. The van der Waals surface area contributed by atoms with Gasteiger partial charge in [-0.2, -0.15) is 0 Å². The van der Waals surface area contributed by atoms with E-state index in [-0.39, 0.29) is 11.7 Å². The van der Waals surface area contributed by atoms with Crippen molar-refractivity contribution in [3.63, 3.8) is 0 Å². The van der Waals surface area contributed by atoms with E-state index in [0.717, 1.165) is 10.5 Å². The SMILES string of the molecule is C[C@@H](C#Cc1cccc(F)c1)[C@@]1(C)C(=O)N(C(=O)OC(C)(C)C)c2ccccc21. The Kier molecular flexibility index (Phi) is 5.23. The number of halogens is 1. The van der Waals surface area contributed by atoms with E-state index in [0.29, 0.717) is 11.3 Å². The Bertz CT molecular complexity index is 1030. The van der Waals surface area contributed by atoms with Gasteiger partial charge in [0.1, 0.15) is 11.4 Å². The maximum absolute atomic E-state index is 13.4. The van der Waals surface area contributed by atoms with Crippen LogP contribution in [-0.4, -0.2) is 17.6 Å². The molecule has 0 saturated heterocycles. The van der Waals surface area contributed by atoms with Gasteiger partial charge in [0, 0.05) is 11.5 Å². The minimum Gasteiger partial charge on any atom is -0.443 e. The van der Waals surface area contributed by atoms with Crippen LogP contribution in [0, 0.1) is 23.6 Å². The second kappa shape index (κ2) is 7.36. The number of benzene rings is 2. The number of imide groups is 1. The van der Waals surface area contributed by atoms with Crippen molar-refractivity contribution in [3.8, 4) is 11.8 Å². The highest BCUT2D eigenvalue weighted by molar-refractivity contribution is 6.21. The summed E-state index contributed by atoms with van der Waals surface area (Å²) in [5, 5.41) is 0. The van der Waals surface area contributed by atoms with E-state index in [1.165, 1.54) is 12.1 Å². The van der Waals surface area contributed by atoms with Gasteiger partial charge >= 0.3 is 6.09 Å². The summed E-state index contributed by atoms with van der Waals surface area (Å²) in [5.74, 6) is 4.84. The minimum atomic E-state index is -1.03. The van der Waals surface area contributed by atoms with E-state index in [9.17, 15) is 14.0 Å². The van der Waals surface area contributed by atoms with Crippen molar-refractivity contribution in [2.75, 3.05) is 4.90 Å². The number of hydrogen-bond acceptors (Lipinski definition) is 3. The lowest BCUT2D eigenvalue weighted by molar-refractivity contribution is -0.123. The largest absolute Gasteiger partial charge is 0.443 e. The van der Waals surface area contributed by atoms with Gasteiger partial charge in [0.25, 0.3) is 0 Å². The Labute approximate surface area is 170 Å². The first-order valence-electron chi connectivity index (χ1n) is 9.48. The van der Waals surface area contributed by atoms with Crippen LogP contribution >= 0.6 is 0 Å². The molecule has 5 heteroatoms. The molecule has 0 bridgehead atoms. The standard InChI is InChI=1S/C24H24FNO3/c1-16(13-14-17-9-8-10-18(25)15-17)24(5)19-11-6-7-12-20(19)26(21(24)27)22(28)29-23(2,3)4/h6-12,15-16H,1-5H3/t16-,24+/m0/s1. The van der Waals surface area contributed by atoms with Gasteiger partial charge in [-0.1, -0.05) is 43.0 Å². The monoisotopic (exact) mass is 393 g/mol. The van der Waals surface area contributed by atoms with Crippen molar-refractivity contribution in [2.45, 2.75) is 45.6 Å². The number of rotatable bonds is 1. The average molecular weight is 393 g/mol. The van der Waals surface area contributed by atoms with Crippen molar-refractivity contribution in [1.82, 2.24) is 0 Å². The van der Waals surface area contributed by atoms with E-state index in [1.807, 2.05) is 19.1 Å². The van der Waals surface area contributed by atoms with Crippen LogP contribution in [0.25, 0.3) is 0 Å². The summed E-state index contributed by atoms with van der Waals surface area (Å²) in [6, 6.07) is 13.2. The first-order chi connectivity index (χ1) is 13.5. The Hall–Kier alpha value is -3.13. The van der Waals surface area contributed by atoms with Gasteiger partial charge in [0.15, 0.2) is 0 Å². The topological polar surface area (TPSA) is 46.6 Å². The maximum Gasteiger partial charge on any atom is 0.421 e. The average Bonchev–Trinajstić information content (AvgIpc) is 2.87. The smallest absolute Gasteiger partial charge is 0.421 e. The molecular formula is C24H24FNO3. The van der Waals surface area contributed by atoms with Crippen LogP contribution < -0.4 is 4.90 Å². The van der Waals surface area contributed by atoms with Gasteiger partial charge in [-0.3, -0.25) is 4.79 Å². The van der Waals surface area contributed by atoms with Crippen LogP contribution in [0.15, 0.2) is 48.5 Å². The predicted octanol–water partition coefficient (Wildman–Crippen LogP) is 5.05. The molecule has 2 aromatic carbocycles. The summed E-state index contributed by atoms with van der Waals surface area (Å²) < 4.78 is 18.9. The van der Waals surface area contributed by atoms with Gasteiger partial charge in [0.05, 0.1) is 11.1 Å². The number of para-hydroxylation sites is 1. The summed E-state index contributed by atoms with van der Waals surface area (Å²) in [4.78, 5) is 27.3. The minimum absolute atomic E-state index is 0.367. The van der Waals surface area contributed by atoms with Crippen molar-refractivity contribution in [2.24, 2.45) is 5.92 Å². The van der Waals surface area contributed by atoms with Crippen LogP contribution in [0.3, 0.4) is 0 Å². The molecule has 29 heavy (non-hydrogen) atoms. The molecule has 2 amide bonds. The Morgan fingerprint density at radius 1 is 1.17 bits per heavy atom. The number of amides is 2. The fraction of sp³-hybridized carbons (Fsp3) is 0.333. The number of carbonyl (C=O) groups excluding carboxylic acids is 2. The van der Waals surface area contributed by atoms with E-state index >= 15 is 0 Å². The molecule has 1 heterocycles. The Morgan fingerprint density at radius 2 is 1.86 bits per heavy atom. The molecule has 0 saturated carbocycles. The Balaban J connectivity index is 2.00. The second-order valence-electron chi connectivity index (χ2n) is 8.34. The highest BCUT2D eigenvalue weighted by atomic mass is 19.1. The fourth-order valence-corrected chi connectivity index (χ4v) is 3.37. The molecule has 3 rings (SSSR count). The molecule has 0 fully saturated rings. The molecule has 0 aromatic heterocycles. The van der Waals surface area contributed by atoms with Gasteiger partial charge < -0.3 is 4.74 Å². The van der Waals surface area contributed by atoms with Crippen molar-refractivity contribution < 1.29 is 18.7 Å². The normalized spacial score (nSPS) is 19.2.